The van der Waals surface area contributed by atoms with E-state index in [1.165, 1.54) is 5.56 Å². The van der Waals surface area contributed by atoms with E-state index in [1.807, 2.05) is 36.1 Å². The predicted octanol–water partition coefficient (Wildman–Crippen LogP) is 3.50. The van der Waals surface area contributed by atoms with Crippen LogP contribution >= 0.6 is 0 Å². The van der Waals surface area contributed by atoms with Crippen LogP contribution in [-0.4, -0.2) is 23.9 Å². The van der Waals surface area contributed by atoms with Gasteiger partial charge in [0, 0.05) is 18.7 Å². The molecule has 1 heterocycles. The first kappa shape index (κ1) is 13.1. The van der Waals surface area contributed by atoms with Crippen LogP contribution in [0, 0.1) is 18.8 Å². The molecular weight excluding hydrogens is 222 g/mol. The first-order chi connectivity index (χ1) is 8.58. The van der Waals surface area contributed by atoms with Crippen LogP contribution in [0.5, 0.6) is 0 Å². The van der Waals surface area contributed by atoms with Crippen molar-refractivity contribution in [1.29, 1.82) is 0 Å². The fourth-order valence-corrected chi connectivity index (χ4v) is 2.65. The van der Waals surface area contributed by atoms with Crippen LogP contribution in [0.1, 0.15) is 42.6 Å². The first-order valence-corrected chi connectivity index (χ1v) is 6.94. The minimum Gasteiger partial charge on any atom is -0.339 e. The van der Waals surface area contributed by atoms with Crippen LogP contribution < -0.4 is 0 Å². The third-order valence-electron chi connectivity index (χ3n) is 4.07. The molecule has 0 N–H and O–H groups in total. The van der Waals surface area contributed by atoms with Crippen LogP contribution in [0.25, 0.3) is 0 Å². The number of benzene rings is 1. The molecule has 1 amide bonds. The van der Waals surface area contributed by atoms with Gasteiger partial charge in [0.05, 0.1) is 0 Å². The van der Waals surface area contributed by atoms with Gasteiger partial charge in [-0.1, -0.05) is 31.5 Å². The number of nitrogens with zero attached hydrogens (tertiary/aromatic N) is 1. The Morgan fingerprint density at radius 2 is 1.72 bits per heavy atom. The zero-order valence-corrected chi connectivity index (χ0v) is 11.6. The summed E-state index contributed by atoms with van der Waals surface area (Å²) in [6.07, 6.45) is 2.30. The van der Waals surface area contributed by atoms with Crippen molar-refractivity contribution in [1.82, 2.24) is 4.90 Å². The molecule has 0 radical (unpaired) electrons. The van der Waals surface area contributed by atoms with Gasteiger partial charge in [0.1, 0.15) is 0 Å². The molecule has 0 spiro atoms. The highest BCUT2D eigenvalue weighted by atomic mass is 16.2. The third kappa shape index (κ3) is 2.92. The van der Waals surface area contributed by atoms with Crippen LogP contribution in [0.4, 0.5) is 0 Å². The lowest BCUT2D eigenvalue weighted by Crippen LogP contribution is -2.39. The highest BCUT2D eigenvalue weighted by molar-refractivity contribution is 5.94. The van der Waals surface area contributed by atoms with Crippen LogP contribution in [-0.2, 0) is 0 Å². The van der Waals surface area contributed by atoms with Gasteiger partial charge in [-0.15, -0.1) is 0 Å². The standard InChI is InChI=1S/C16H23NO/c1-12(2)14-8-10-17(11-9-14)16(18)15-6-4-13(3)5-7-15/h4-7,12,14H,8-11H2,1-3H3. The lowest BCUT2D eigenvalue weighted by atomic mass is 9.86. The molecule has 98 valence electrons. The minimum absolute atomic E-state index is 0.192. The van der Waals surface area contributed by atoms with Gasteiger partial charge in [-0.3, -0.25) is 4.79 Å². The van der Waals surface area contributed by atoms with E-state index in [4.69, 9.17) is 0 Å². The summed E-state index contributed by atoms with van der Waals surface area (Å²) in [6, 6.07) is 7.89. The third-order valence-corrected chi connectivity index (χ3v) is 4.07. The summed E-state index contributed by atoms with van der Waals surface area (Å²) in [4.78, 5) is 14.3. The quantitative estimate of drug-likeness (QED) is 0.781. The van der Waals surface area contributed by atoms with Crippen LogP contribution in [0.15, 0.2) is 24.3 Å². The Hall–Kier alpha value is -1.31. The zero-order chi connectivity index (χ0) is 13.1. The van der Waals surface area contributed by atoms with Crippen molar-refractivity contribution in [2.75, 3.05) is 13.1 Å². The van der Waals surface area contributed by atoms with Crippen molar-refractivity contribution in [3.63, 3.8) is 0 Å². The molecule has 2 nitrogen and oxygen atoms in total. The molecule has 2 heteroatoms. The Balaban J connectivity index is 1.97. The maximum atomic E-state index is 12.3. The number of hydrogen-bond acceptors (Lipinski definition) is 1. The van der Waals surface area contributed by atoms with Gasteiger partial charge >= 0.3 is 0 Å². The number of aryl methyl sites for hydroxylation is 1. The summed E-state index contributed by atoms with van der Waals surface area (Å²) in [5.74, 6) is 1.71. The van der Waals surface area contributed by atoms with Gasteiger partial charge in [0.2, 0.25) is 0 Å². The average Bonchev–Trinajstić information content (AvgIpc) is 2.39. The van der Waals surface area contributed by atoms with E-state index in [1.54, 1.807) is 0 Å². The number of likely N-dealkylation sites (tertiary alicyclic amines) is 1. The Labute approximate surface area is 110 Å². The second-order valence-electron chi connectivity index (χ2n) is 5.74. The van der Waals surface area contributed by atoms with Crippen LogP contribution in [0.2, 0.25) is 0 Å². The first-order valence-electron chi connectivity index (χ1n) is 6.94. The monoisotopic (exact) mass is 245 g/mol. The Morgan fingerprint density at radius 3 is 2.22 bits per heavy atom. The van der Waals surface area contributed by atoms with Crippen molar-refractivity contribution < 1.29 is 4.79 Å². The Morgan fingerprint density at radius 1 is 1.17 bits per heavy atom. The number of carbonyl (C=O) groups excluding carboxylic acids is 1. The summed E-state index contributed by atoms with van der Waals surface area (Å²) >= 11 is 0. The van der Waals surface area contributed by atoms with Crippen LogP contribution in [0.3, 0.4) is 0 Å². The summed E-state index contributed by atoms with van der Waals surface area (Å²) in [6.45, 7) is 8.43. The van der Waals surface area contributed by atoms with E-state index in [2.05, 4.69) is 13.8 Å². The topological polar surface area (TPSA) is 20.3 Å². The van der Waals surface area contributed by atoms with E-state index in [0.29, 0.717) is 0 Å². The van der Waals surface area contributed by atoms with Gasteiger partial charge in [-0.05, 0) is 43.7 Å². The van der Waals surface area contributed by atoms with Gasteiger partial charge in [0.25, 0.3) is 5.91 Å². The molecular formula is C16H23NO. The molecule has 1 aromatic rings. The second kappa shape index (κ2) is 5.55. The average molecular weight is 245 g/mol. The molecule has 1 saturated heterocycles. The molecule has 1 aliphatic rings. The molecule has 0 aliphatic carbocycles. The molecule has 0 aromatic heterocycles. The fourth-order valence-electron chi connectivity index (χ4n) is 2.65. The van der Waals surface area contributed by atoms with Crippen molar-refractivity contribution in [2.45, 2.75) is 33.6 Å². The Bertz CT molecular complexity index is 400. The normalized spacial score (nSPS) is 17.2. The van der Waals surface area contributed by atoms with E-state index in [0.717, 1.165) is 43.3 Å². The molecule has 2 rings (SSSR count). The maximum absolute atomic E-state index is 12.3. The fraction of sp³-hybridized carbons (Fsp3) is 0.562. The van der Waals surface area contributed by atoms with E-state index in [-0.39, 0.29) is 5.91 Å². The highest BCUT2D eigenvalue weighted by Crippen LogP contribution is 2.25. The van der Waals surface area contributed by atoms with Gasteiger partial charge in [-0.2, -0.15) is 0 Å². The lowest BCUT2D eigenvalue weighted by molar-refractivity contribution is 0.0667. The molecule has 18 heavy (non-hydrogen) atoms. The molecule has 1 aliphatic heterocycles. The van der Waals surface area contributed by atoms with Crippen molar-refractivity contribution >= 4 is 5.91 Å². The lowest BCUT2D eigenvalue weighted by Gasteiger charge is -2.34. The predicted molar refractivity (Wildman–Crippen MR) is 74.6 cm³/mol. The van der Waals surface area contributed by atoms with Crippen molar-refractivity contribution in [3.05, 3.63) is 35.4 Å². The molecule has 1 aromatic carbocycles. The SMILES string of the molecule is Cc1ccc(C(=O)N2CCC(C(C)C)CC2)cc1. The number of piperidine rings is 1. The molecule has 0 unspecified atom stereocenters. The summed E-state index contributed by atoms with van der Waals surface area (Å²) < 4.78 is 0. The number of rotatable bonds is 2. The summed E-state index contributed by atoms with van der Waals surface area (Å²) in [5.41, 5.74) is 2.02. The molecule has 1 fully saturated rings. The molecule has 0 bridgehead atoms. The van der Waals surface area contributed by atoms with Gasteiger partial charge in [-0.25, -0.2) is 0 Å². The van der Waals surface area contributed by atoms with E-state index in [9.17, 15) is 4.79 Å². The van der Waals surface area contributed by atoms with E-state index < -0.39 is 0 Å². The Kier molecular flexibility index (Phi) is 4.05. The van der Waals surface area contributed by atoms with E-state index >= 15 is 0 Å². The minimum atomic E-state index is 0.192. The molecule has 0 saturated carbocycles. The number of amides is 1. The summed E-state index contributed by atoms with van der Waals surface area (Å²) in [7, 11) is 0. The van der Waals surface area contributed by atoms with Gasteiger partial charge < -0.3 is 4.90 Å². The zero-order valence-electron chi connectivity index (χ0n) is 11.6. The smallest absolute Gasteiger partial charge is 0.253 e. The summed E-state index contributed by atoms with van der Waals surface area (Å²) in [5, 5.41) is 0. The largest absolute Gasteiger partial charge is 0.339 e. The number of hydrogen-bond donors (Lipinski definition) is 0. The second-order valence-corrected chi connectivity index (χ2v) is 5.74. The highest BCUT2D eigenvalue weighted by Gasteiger charge is 2.24. The number of carbonyl (C=O) groups is 1. The van der Waals surface area contributed by atoms with Gasteiger partial charge in [0.15, 0.2) is 0 Å². The van der Waals surface area contributed by atoms with Crippen molar-refractivity contribution in [2.24, 2.45) is 11.8 Å². The van der Waals surface area contributed by atoms with Crippen molar-refractivity contribution in [3.8, 4) is 0 Å². The molecule has 0 atom stereocenters. The maximum Gasteiger partial charge on any atom is 0.253 e.